The first-order valence-electron chi connectivity index (χ1n) is 17.1. The molecule has 0 aliphatic rings. The van der Waals surface area contributed by atoms with Crippen molar-refractivity contribution in [2.75, 3.05) is 13.2 Å². The first-order valence-corrected chi connectivity index (χ1v) is 18.5. The molecule has 0 aromatic heterocycles. The highest BCUT2D eigenvalue weighted by Crippen LogP contribution is 2.19. The van der Waals surface area contributed by atoms with E-state index in [4.69, 9.17) is 9.47 Å². The average Bonchev–Trinajstić information content (AvgIpc) is 3.00. The predicted molar refractivity (Wildman–Crippen MR) is 179 cm³/mol. The third-order valence-corrected chi connectivity index (χ3v) is 8.36. The van der Waals surface area contributed by atoms with Gasteiger partial charge in [-0.05, 0) is 82.4 Å². The fourth-order valence-electron chi connectivity index (χ4n) is 4.80. The molecule has 0 radical (unpaired) electrons. The Hall–Kier alpha value is -2.45. The summed E-state index contributed by atoms with van der Waals surface area (Å²) in [6.07, 6.45) is 31.0. The second-order valence-corrected chi connectivity index (χ2v) is 12.9. The van der Waals surface area contributed by atoms with E-state index in [1.807, 2.05) is 0 Å². The van der Waals surface area contributed by atoms with Crippen LogP contribution in [0.1, 0.15) is 163 Å². The van der Waals surface area contributed by atoms with Crippen molar-refractivity contribution in [1.29, 1.82) is 0 Å². The third kappa shape index (κ3) is 19.8. The van der Waals surface area contributed by atoms with E-state index in [2.05, 4.69) is 38.2 Å². The zero-order valence-corrected chi connectivity index (χ0v) is 28.2. The highest BCUT2D eigenvalue weighted by molar-refractivity contribution is 7.85. The lowest BCUT2D eigenvalue weighted by molar-refractivity contribution is 0.0450. The summed E-state index contributed by atoms with van der Waals surface area (Å²) < 4.78 is 43.5. The fraction of sp³-hybridized carbons (Fsp3) is 0.667. The minimum Gasteiger partial charge on any atom is -0.462 e. The highest BCUT2D eigenvalue weighted by atomic mass is 32.2. The molecule has 0 unspecified atom stereocenters. The molecule has 0 amide bonds. The van der Waals surface area contributed by atoms with E-state index in [1.54, 1.807) is 0 Å². The van der Waals surface area contributed by atoms with Crippen molar-refractivity contribution in [1.82, 2.24) is 0 Å². The lowest BCUT2D eigenvalue weighted by Crippen LogP contribution is -2.16. The number of rotatable bonds is 27. The Kier molecular flexibility index (Phi) is 23.2. The minimum atomic E-state index is -4.56. The smallest absolute Gasteiger partial charge is 0.339 e. The van der Waals surface area contributed by atoms with Gasteiger partial charge >= 0.3 is 11.9 Å². The molecule has 1 aromatic rings. The quantitative estimate of drug-likeness (QED) is 0.0444. The molecule has 1 N–H and O–H groups in total. The van der Waals surface area contributed by atoms with Crippen LogP contribution < -0.4 is 0 Å². The zero-order chi connectivity index (χ0) is 32.3. The number of unbranched alkanes of at least 4 members (excludes halogenated alkanes) is 16. The molecule has 0 fully saturated rings. The Balaban J connectivity index is 2.41. The molecule has 0 saturated carbocycles. The number of ether oxygens (including phenoxy) is 2. The van der Waals surface area contributed by atoms with Gasteiger partial charge in [-0.2, -0.15) is 8.42 Å². The summed E-state index contributed by atoms with van der Waals surface area (Å²) in [5, 5.41) is 0. The molecule has 0 aliphatic carbocycles. The fourth-order valence-corrected chi connectivity index (χ4v) is 5.31. The van der Waals surface area contributed by atoms with Crippen LogP contribution in [0, 0.1) is 0 Å². The van der Waals surface area contributed by atoms with Crippen molar-refractivity contribution >= 4 is 22.1 Å². The average molecular weight is 635 g/mol. The van der Waals surface area contributed by atoms with E-state index >= 15 is 0 Å². The van der Waals surface area contributed by atoms with Crippen LogP contribution in [-0.2, 0) is 19.6 Å². The van der Waals surface area contributed by atoms with E-state index in [9.17, 15) is 22.6 Å². The van der Waals surface area contributed by atoms with Gasteiger partial charge in [-0.3, -0.25) is 4.55 Å². The third-order valence-electron chi connectivity index (χ3n) is 7.51. The number of benzene rings is 1. The maximum absolute atomic E-state index is 12.8. The molecule has 1 rings (SSSR count). The van der Waals surface area contributed by atoms with Crippen molar-refractivity contribution in [2.45, 2.75) is 147 Å². The Morgan fingerprint density at radius 2 is 0.977 bits per heavy atom. The molecule has 0 bridgehead atoms. The first kappa shape index (κ1) is 39.6. The van der Waals surface area contributed by atoms with Crippen LogP contribution in [0.2, 0.25) is 0 Å². The Labute approximate surface area is 267 Å². The lowest BCUT2D eigenvalue weighted by Gasteiger charge is -2.11. The number of hydrogen-bond acceptors (Lipinski definition) is 6. The second-order valence-electron chi connectivity index (χ2n) is 11.5. The molecule has 1 aromatic carbocycles. The number of carbonyl (C=O) groups is 2. The predicted octanol–water partition coefficient (Wildman–Crippen LogP) is 10.2. The molecule has 0 saturated heterocycles. The Morgan fingerprint density at radius 3 is 1.39 bits per heavy atom. The number of hydrogen-bond donors (Lipinski definition) is 1. The van der Waals surface area contributed by atoms with Gasteiger partial charge in [-0.1, -0.05) is 102 Å². The minimum absolute atomic E-state index is 0.0760. The Morgan fingerprint density at radius 1 is 0.591 bits per heavy atom. The van der Waals surface area contributed by atoms with Gasteiger partial charge in [0.15, 0.2) is 0 Å². The van der Waals surface area contributed by atoms with E-state index in [0.29, 0.717) is 12.8 Å². The monoisotopic (exact) mass is 634 g/mol. The van der Waals surface area contributed by atoms with Gasteiger partial charge in [0.05, 0.1) is 29.2 Å². The summed E-state index contributed by atoms with van der Waals surface area (Å²) in [6, 6.07) is 3.24. The summed E-state index contributed by atoms with van der Waals surface area (Å²) in [4.78, 5) is 25.1. The van der Waals surface area contributed by atoms with Gasteiger partial charge in [-0.25, -0.2) is 9.59 Å². The molecule has 0 aliphatic heterocycles. The highest BCUT2D eigenvalue weighted by Gasteiger charge is 2.23. The van der Waals surface area contributed by atoms with E-state index in [-0.39, 0.29) is 24.3 Å². The number of carbonyl (C=O) groups excluding carboxylic acids is 2. The van der Waals surface area contributed by atoms with Crippen molar-refractivity contribution in [2.24, 2.45) is 0 Å². The van der Waals surface area contributed by atoms with Crippen LogP contribution >= 0.6 is 0 Å². The summed E-state index contributed by atoms with van der Waals surface area (Å²) >= 11 is 0. The maximum Gasteiger partial charge on any atom is 0.339 e. The van der Waals surface area contributed by atoms with E-state index in [0.717, 1.165) is 76.3 Å². The van der Waals surface area contributed by atoms with Crippen molar-refractivity contribution in [3.8, 4) is 0 Å². The number of esters is 2. The molecule has 250 valence electrons. The molecule has 0 heterocycles. The van der Waals surface area contributed by atoms with Crippen LogP contribution in [0.4, 0.5) is 0 Å². The van der Waals surface area contributed by atoms with Crippen LogP contribution in [0.3, 0.4) is 0 Å². The SMILES string of the molecule is CCCCCC/C=C/CCCCCCOC(=O)c1ccc(S(=O)(=O)O)cc1C(=O)OCCCCCC/C=C/CCCCCC. The molecule has 7 nitrogen and oxygen atoms in total. The Bertz CT molecular complexity index is 1080. The molecular formula is C36H58O7S. The van der Waals surface area contributed by atoms with Gasteiger partial charge in [-0.15, -0.1) is 0 Å². The number of allylic oxidation sites excluding steroid dienone is 4. The molecule has 0 spiro atoms. The summed E-state index contributed by atoms with van der Waals surface area (Å²) in [6.45, 7) is 4.79. The van der Waals surface area contributed by atoms with Crippen molar-refractivity contribution in [3.05, 3.63) is 53.6 Å². The summed E-state index contributed by atoms with van der Waals surface area (Å²) in [5.41, 5.74) is -0.302. The molecule has 0 atom stereocenters. The van der Waals surface area contributed by atoms with Crippen molar-refractivity contribution < 1.29 is 32.0 Å². The van der Waals surface area contributed by atoms with E-state index in [1.165, 1.54) is 57.4 Å². The zero-order valence-electron chi connectivity index (χ0n) is 27.4. The normalized spacial score (nSPS) is 11.9. The van der Waals surface area contributed by atoms with Gasteiger partial charge in [0.1, 0.15) is 0 Å². The lowest BCUT2D eigenvalue weighted by atomic mass is 10.1. The molecular weight excluding hydrogens is 576 g/mol. The van der Waals surface area contributed by atoms with E-state index < -0.39 is 27.0 Å². The standard InChI is InChI=1S/C36H58O7S/c1-3-5-7-9-11-13-15-17-19-21-23-25-29-42-35(37)33-28-27-32(44(39,40)41)31-34(33)36(38)43-30-26-24-22-20-18-16-14-12-10-8-6-4-2/h13-16,27-28,31H,3-12,17-26,29-30H2,1-2H3,(H,39,40,41)/b15-13+,16-14+. The van der Waals surface area contributed by atoms with Gasteiger partial charge in [0.2, 0.25) is 0 Å². The maximum atomic E-state index is 12.8. The van der Waals surface area contributed by atoms with Crippen LogP contribution in [0.25, 0.3) is 0 Å². The van der Waals surface area contributed by atoms with Gasteiger partial charge in [0.25, 0.3) is 10.1 Å². The van der Waals surface area contributed by atoms with Crippen molar-refractivity contribution in [3.63, 3.8) is 0 Å². The largest absolute Gasteiger partial charge is 0.462 e. The van der Waals surface area contributed by atoms with Crippen LogP contribution in [0.15, 0.2) is 47.4 Å². The topological polar surface area (TPSA) is 107 Å². The van der Waals surface area contributed by atoms with Crippen LogP contribution in [0.5, 0.6) is 0 Å². The van der Waals surface area contributed by atoms with Gasteiger partial charge < -0.3 is 9.47 Å². The summed E-state index contributed by atoms with van der Waals surface area (Å²) in [7, 11) is -4.56. The molecule has 44 heavy (non-hydrogen) atoms. The first-order chi connectivity index (χ1) is 21.3. The summed E-state index contributed by atoms with van der Waals surface area (Å²) in [5.74, 6) is -1.53. The van der Waals surface area contributed by atoms with Gasteiger partial charge in [0, 0.05) is 0 Å². The second kappa shape index (κ2) is 25.8. The molecule has 8 heteroatoms. The van der Waals surface area contributed by atoms with Crippen LogP contribution in [-0.4, -0.2) is 38.1 Å².